The van der Waals surface area contributed by atoms with E-state index in [4.69, 9.17) is 12.0 Å². The van der Waals surface area contributed by atoms with E-state index in [1.165, 1.54) is 69.6 Å². The summed E-state index contributed by atoms with van der Waals surface area (Å²) in [5.41, 5.74) is 6.63. The molecule has 1 heteroatoms. The predicted molar refractivity (Wildman–Crippen MR) is 200 cm³/mol. The Morgan fingerprint density at radius 1 is 1.02 bits per heavy atom. The van der Waals surface area contributed by atoms with Gasteiger partial charge in [-0.15, -0.1) is 6.58 Å². The Morgan fingerprint density at radius 3 is 2.38 bits per heavy atom. The number of fused-ring (bicyclic) bond motifs is 5. The van der Waals surface area contributed by atoms with E-state index in [0.717, 1.165) is 36.2 Å². The fraction of sp³-hybridized carbons (Fsp3) is 0.568. The zero-order valence-corrected chi connectivity index (χ0v) is 30.0. The lowest BCUT2D eigenvalue weighted by Gasteiger charge is -2.60. The van der Waals surface area contributed by atoms with E-state index in [1.54, 1.807) is 11.1 Å². The summed E-state index contributed by atoms with van der Waals surface area (Å²) in [7, 11) is 0. The zero-order chi connectivity index (χ0) is 33.1. The molecule has 4 aliphatic rings. The molecular weight excluding hydrogens is 542 g/mol. The monoisotopic (exact) mass is 608 g/mol. The van der Waals surface area contributed by atoms with Crippen molar-refractivity contribution in [1.82, 2.24) is 0 Å². The van der Waals surface area contributed by atoms with Gasteiger partial charge in [-0.3, -0.25) is 0 Å². The lowest BCUT2D eigenvalue weighted by Crippen LogP contribution is -2.52. The van der Waals surface area contributed by atoms with Crippen LogP contribution >= 0.6 is 0 Å². The molecule has 6 unspecified atom stereocenters. The minimum Gasteiger partial charge on any atom is -0.308 e. The summed E-state index contributed by atoms with van der Waals surface area (Å²) in [6.45, 7) is 24.8. The van der Waals surface area contributed by atoms with E-state index in [9.17, 15) is 0 Å². The third-order valence-electron chi connectivity index (χ3n) is 12.2. The van der Waals surface area contributed by atoms with E-state index in [-0.39, 0.29) is 0 Å². The van der Waals surface area contributed by atoms with Crippen molar-refractivity contribution in [3.63, 3.8) is 0 Å². The van der Waals surface area contributed by atoms with Crippen molar-refractivity contribution in [3.05, 3.63) is 108 Å². The average molecular weight is 608 g/mol. The number of nitrogens with one attached hydrogen (secondary N) is 1. The molecule has 246 valence electrons. The third-order valence-corrected chi connectivity index (χ3v) is 12.2. The Balaban J connectivity index is 0.000000291. The van der Waals surface area contributed by atoms with Gasteiger partial charge in [-0.25, -0.2) is 0 Å². The third kappa shape index (κ3) is 7.66. The van der Waals surface area contributed by atoms with Crippen LogP contribution in [0.2, 0.25) is 0 Å². The Bertz CT molecular complexity index is 1240. The second-order valence-corrected chi connectivity index (χ2v) is 14.6. The molecule has 45 heavy (non-hydrogen) atoms. The standard InChI is InChI=1S/C29H44.C13H15N.C2H6/c1-7-8-18-29(22(4)21(2)3)20-16-26-24-14-13-23-12-10-9-11-17-27(23,5)25(24)15-19-28(26,29)6;1-2-3-7-13(11-14)10-12-8-5-4-6-9-12;1-2/h7,11-12,17,21,24-26H,1,4,8-10,13-16,18-20H2,2-3,5-6H3;2-9,11,14H,10H2,1H3;1-2H3/b;3-2-,13-7-,14-11?;. The Labute approximate surface area is 278 Å². The summed E-state index contributed by atoms with van der Waals surface area (Å²) >= 11 is 0. The highest BCUT2D eigenvalue weighted by Crippen LogP contribution is 2.72. The van der Waals surface area contributed by atoms with Crippen LogP contribution in [0.25, 0.3) is 0 Å². The summed E-state index contributed by atoms with van der Waals surface area (Å²) < 4.78 is 0. The van der Waals surface area contributed by atoms with E-state index >= 15 is 0 Å². The summed E-state index contributed by atoms with van der Waals surface area (Å²) in [5, 5.41) is 7.26. The molecule has 0 bridgehead atoms. The number of benzene rings is 1. The highest BCUT2D eigenvalue weighted by atomic mass is 14.7. The van der Waals surface area contributed by atoms with Crippen LogP contribution in [0.5, 0.6) is 0 Å². The number of hydrogen-bond acceptors (Lipinski definition) is 1. The molecule has 4 aliphatic carbocycles. The van der Waals surface area contributed by atoms with Crippen molar-refractivity contribution in [3.8, 4) is 0 Å². The Morgan fingerprint density at radius 2 is 1.73 bits per heavy atom. The molecule has 1 nitrogen and oxygen atoms in total. The van der Waals surface area contributed by atoms with Crippen LogP contribution in [0, 0.1) is 45.3 Å². The summed E-state index contributed by atoms with van der Waals surface area (Å²) in [6.07, 6.45) is 31.2. The number of hydrogen-bond donors (Lipinski definition) is 1. The molecule has 1 N–H and O–H groups in total. The first-order valence-electron chi connectivity index (χ1n) is 18.2. The van der Waals surface area contributed by atoms with Gasteiger partial charge in [0.05, 0.1) is 0 Å². The molecule has 0 heterocycles. The molecule has 0 radical (unpaired) electrons. The van der Waals surface area contributed by atoms with Crippen LogP contribution in [0.3, 0.4) is 0 Å². The molecule has 0 amide bonds. The number of allylic oxidation sites excluding steroid dienone is 10. The second-order valence-electron chi connectivity index (χ2n) is 14.6. The van der Waals surface area contributed by atoms with Crippen molar-refractivity contribution >= 4 is 6.21 Å². The molecule has 3 saturated carbocycles. The van der Waals surface area contributed by atoms with Crippen LogP contribution in [0.4, 0.5) is 0 Å². The molecule has 5 rings (SSSR count). The van der Waals surface area contributed by atoms with E-state index in [2.05, 4.69) is 70.7 Å². The maximum atomic E-state index is 7.26. The van der Waals surface area contributed by atoms with Crippen LogP contribution in [0.15, 0.2) is 103 Å². The molecular formula is C44H65N. The zero-order valence-electron chi connectivity index (χ0n) is 30.0. The first-order chi connectivity index (χ1) is 21.7. The fourth-order valence-corrected chi connectivity index (χ4v) is 9.84. The van der Waals surface area contributed by atoms with Crippen molar-refractivity contribution in [2.24, 2.45) is 39.9 Å². The van der Waals surface area contributed by atoms with Gasteiger partial charge in [0, 0.05) is 11.6 Å². The van der Waals surface area contributed by atoms with Crippen LogP contribution in [-0.2, 0) is 6.42 Å². The van der Waals surface area contributed by atoms with Gasteiger partial charge in [0.15, 0.2) is 0 Å². The van der Waals surface area contributed by atoms with Gasteiger partial charge >= 0.3 is 0 Å². The van der Waals surface area contributed by atoms with Crippen LogP contribution < -0.4 is 0 Å². The van der Waals surface area contributed by atoms with E-state index in [0.29, 0.717) is 22.2 Å². The summed E-state index contributed by atoms with van der Waals surface area (Å²) in [5.74, 6) is 3.19. The van der Waals surface area contributed by atoms with Crippen molar-refractivity contribution in [2.75, 3.05) is 0 Å². The molecule has 0 aromatic heterocycles. The van der Waals surface area contributed by atoms with Gasteiger partial charge in [0.1, 0.15) is 0 Å². The second kappa shape index (κ2) is 16.8. The summed E-state index contributed by atoms with van der Waals surface area (Å²) in [4.78, 5) is 0. The Kier molecular flexibility index (Phi) is 13.7. The normalized spacial score (nSPS) is 32.0. The first-order valence-corrected chi connectivity index (χ1v) is 18.2. The maximum absolute atomic E-state index is 7.26. The van der Waals surface area contributed by atoms with E-state index in [1.807, 2.05) is 57.2 Å². The van der Waals surface area contributed by atoms with E-state index < -0.39 is 0 Å². The van der Waals surface area contributed by atoms with Gasteiger partial charge < -0.3 is 5.41 Å². The maximum Gasteiger partial charge on any atom is 0.0213 e. The van der Waals surface area contributed by atoms with Crippen molar-refractivity contribution < 1.29 is 0 Å². The smallest absolute Gasteiger partial charge is 0.0213 e. The topological polar surface area (TPSA) is 23.9 Å². The first kappa shape index (κ1) is 36.8. The molecule has 0 spiro atoms. The predicted octanol–water partition coefficient (Wildman–Crippen LogP) is 13.1. The molecule has 0 saturated heterocycles. The van der Waals surface area contributed by atoms with Gasteiger partial charge in [-0.1, -0.05) is 132 Å². The fourth-order valence-electron chi connectivity index (χ4n) is 9.84. The molecule has 0 aliphatic heterocycles. The van der Waals surface area contributed by atoms with Gasteiger partial charge in [-0.05, 0) is 123 Å². The highest BCUT2D eigenvalue weighted by Gasteiger charge is 2.64. The molecule has 3 fully saturated rings. The van der Waals surface area contributed by atoms with Crippen molar-refractivity contribution in [1.29, 1.82) is 5.41 Å². The largest absolute Gasteiger partial charge is 0.308 e. The average Bonchev–Trinajstić information content (AvgIpc) is 3.22. The quantitative estimate of drug-likeness (QED) is 0.164. The highest BCUT2D eigenvalue weighted by molar-refractivity contribution is 5.77. The van der Waals surface area contributed by atoms with Gasteiger partial charge in [-0.2, -0.15) is 0 Å². The lowest BCUT2D eigenvalue weighted by molar-refractivity contribution is -0.0601. The minimum atomic E-state index is 0.321. The van der Waals surface area contributed by atoms with Gasteiger partial charge in [0.25, 0.3) is 0 Å². The lowest BCUT2D eigenvalue weighted by atomic mass is 9.45. The van der Waals surface area contributed by atoms with Gasteiger partial charge in [0.2, 0.25) is 0 Å². The molecule has 1 aromatic carbocycles. The summed E-state index contributed by atoms with van der Waals surface area (Å²) in [6, 6.07) is 10.2. The number of rotatable bonds is 9. The van der Waals surface area contributed by atoms with Crippen molar-refractivity contribution in [2.45, 2.75) is 119 Å². The Hall–Kier alpha value is -2.67. The minimum absolute atomic E-state index is 0.321. The SMILES string of the molecule is C/C=C\C=C(/C=N)Cc1ccccc1.C=CCCC1(C(=C)C(C)C)CCC2C3CCC4=CCCC=CC4(C)C3CCC21C.CC. The van der Waals surface area contributed by atoms with Crippen LogP contribution in [0.1, 0.15) is 118 Å². The van der Waals surface area contributed by atoms with Crippen LogP contribution in [-0.4, -0.2) is 6.21 Å². The molecule has 6 atom stereocenters. The molecule has 1 aromatic rings.